The lowest BCUT2D eigenvalue weighted by molar-refractivity contribution is 0.102. The summed E-state index contributed by atoms with van der Waals surface area (Å²) < 4.78 is 0. The van der Waals surface area contributed by atoms with Crippen LogP contribution in [0.5, 0.6) is 0 Å². The Morgan fingerprint density at radius 1 is 1.22 bits per heavy atom. The van der Waals surface area contributed by atoms with Crippen molar-refractivity contribution in [2.45, 2.75) is 6.92 Å². The molecule has 1 aromatic carbocycles. The van der Waals surface area contributed by atoms with Crippen molar-refractivity contribution in [3.63, 3.8) is 0 Å². The molecule has 0 saturated carbocycles. The van der Waals surface area contributed by atoms with E-state index >= 15 is 0 Å². The highest BCUT2D eigenvalue weighted by molar-refractivity contribution is 6.34. The number of benzene rings is 1. The highest BCUT2D eigenvalue weighted by atomic mass is 35.5. The van der Waals surface area contributed by atoms with E-state index in [9.17, 15) is 4.79 Å². The Kier molecular flexibility index (Phi) is 3.84. The highest BCUT2D eigenvalue weighted by Crippen LogP contribution is 2.18. The molecule has 0 fully saturated rings. The SMILES string of the molecule is Cc1cc(Cl)c(C(=O)Nc2ccc(Cl)cc2)cn1. The van der Waals surface area contributed by atoms with Crippen molar-refractivity contribution < 1.29 is 4.79 Å². The molecule has 0 aliphatic rings. The van der Waals surface area contributed by atoms with E-state index in [0.29, 0.717) is 21.3 Å². The maximum atomic E-state index is 12.0. The molecule has 5 heteroatoms. The number of amides is 1. The molecule has 0 bridgehead atoms. The van der Waals surface area contributed by atoms with E-state index in [-0.39, 0.29) is 5.91 Å². The number of anilines is 1. The molecule has 0 radical (unpaired) electrons. The lowest BCUT2D eigenvalue weighted by Gasteiger charge is -2.06. The number of nitrogens with zero attached hydrogens (tertiary/aromatic N) is 1. The summed E-state index contributed by atoms with van der Waals surface area (Å²) in [5, 5.41) is 3.72. The summed E-state index contributed by atoms with van der Waals surface area (Å²) in [4.78, 5) is 16.0. The molecule has 0 aliphatic heterocycles. The minimum Gasteiger partial charge on any atom is -0.322 e. The van der Waals surface area contributed by atoms with Crippen LogP contribution >= 0.6 is 23.2 Å². The van der Waals surface area contributed by atoms with Crippen LogP contribution in [0.2, 0.25) is 10.0 Å². The fraction of sp³-hybridized carbons (Fsp3) is 0.0769. The smallest absolute Gasteiger partial charge is 0.258 e. The predicted molar refractivity (Wildman–Crippen MR) is 73.4 cm³/mol. The summed E-state index contributed by atoms with van der Waals surface area (Å²) in [5.74, 6) is -0.296. The molecule has 1 heterocycles. The van der Waals surface area contributed by atoms with Gasteiger partial charge < -0.3 is 5.32 Å². The Hall–Kier alpha value is -1.58. The first-order valence-electron chi connectivity index (χ1n) is 5.25. The van der Waals surface area contributed by atoms with Crippen LogP contribution in [-0.2, 0) is 0 Å². The van der Waals surface area contributed by atoms with Crippen LogP contribution in [0, 0.1) is 6.92 Å². The van der Waals surface area contributed by atoms with E-state index < -0.39 is 0 Å². The molecule has 1 amide bonds. The predicted octanol–water partition coefficient (Wildman–Crippen LogP) is 3.95. The van der Waals surface area contributed by atoms with Crippen molar-refractivity contribution in [1.29, 1.82) is 0 Å². The maximum absolute atomic E-state index is 12.0. The quantitative estimate of drug-likeness (QED) is 0.905. The molecule has 92 valence electrons. The van der Waals surface area contributed by atoms with Crippen LogP contribution in [0.1, 0.15) is 16.1 Å². The van der Waals surface area contributed by atoms with Crippen LogP contribution in [0.25, 0.3) is 0 Å². The standard InChI is InChI=1S/C13H10Cl2N2O/c1-8-6-12(15)11(7-16-8)13(18)17-10-4-2-9(14)3-5-10/h2-7H,1H3,(H,17,18). The lowest BCUT2D eigenvalue weighted by atomic mass is 10.2. The number of aryl methyl sites for hydroxylation is 1. The van der Waals surface area contributed by atoms with Crippen LogP contribution in [0.15, 0.2) is 36.5 Å². The van der Waals surface area contributed by atoms with Crippen molar-refractivity contribution in [2.24, 2.45) is 0 Å². The van der Waals surface area contributed by atoms with Gasteiger partial charge in [-0.1, -0.05) is 23.2 Å². The fourth-order valence-electron chi connectivity index (χ4n) is 1.43. The second kappa shape index (κ2) is 5.38. The molecule has 2 rings (SSSR count). The molecule has 18 heavy (non-hydrogen) atoms. The van der Waals surface area contributed by atoms with Gasteiger partial charge >= 0.3 is 0 Å². The average Bonchev–Trinajstić information content (AvgIpc) is 2.32. The van der Waals surface area contributed by atoms with Crippen LogP contribution < -0.4 is 5.32 Å². The summed E-state index contributed by atoms with van der Waals surface area (Å²) in [6, 6.07) is 8.49. The first kappa shape index (κ1) is 12.9. The molecule has 0 aliphatic carbocycles. The number of halogens is 2. The zero-order chi connectivity index (χ0) is 13.1. The molecule has 2 aromatic rings. The number of rotatable bonds is 2. The highest BCUT2D eigenvalue weighted by Gasteiger charge is 2.11. The molecule has 0 atom stereocenters. The van der Waals surface area contributed by atoms with E-state index in [4.69, 9.17) is 23.2 Å². The zero-order valence-corrected chi connectivity index (χ0v) is 11.1. The molecule has 1 aromatic heterocycles. The van der Waals surface area contributed by atoms with Crippen molar-refractivity contribution in [1.82, 2.24) is 4.98 Å². The third kappa shape index (κ3) is 3.00. The molecule has 0 unspecified atom stereocenters. The number of carbonyl (C=O) groups is 1. The van der Waals surface area contributed by atoms with Gasteiger partial charge in [-0.3, -0.25) is 9.78 Å². The van der Waals surface area contributed by atoms with E-state index in [1.807, 2.05) is 6.92 Å². The van der Waals surface area contributed by atoms with Gasteiger partial charge in [-0.15, -0.1) is 0 Å². The van der Waals surface area contributed by atoms with Crippen molar-refractivity contribution >= 4 is 34.8 Å². The second-order valence-electron chi connectivity index (χ2n) is 3.77. The molecular formula is C13H10Cl2N2O. The third-order valence-electron chi connectivity index (χ3n) is 2.34. The number of hydrogen-bond donors (Lipinski definition) is 1. The number of aromatic nitrogens is 1. The monoisotopic (exact) mass is 280 g/mol. The van der Waals surface area contributed by atoms with Gasteiger partial charge in [-0.05, 0) is 37.3 Å². The van der Waals surface area contributed by atoms with Gasteiger partial charge in [-0.25, -0.2) is 0 Å². The Morgan fingerprint density at radius 2 is 1.89 bits per heavy atom. The Balaban J connectivity index is 2.19. The summed E-state index contributed by atoms with van der Waals surface area (Å²) in [6.07, 6.45) is 1.46. The van der Waals surface area contributed by atoms with E-state index in [2.05, 4.69) is 10.3 Å². The molecule has 3 nitrogen and oxygen atoms in total. The zero-order valence-electron chi connectivity index (χ0n) is 9.58. The number of carbonyl (C=O) groups excluding carboxylic acids is 1. The molecule has 1 N–H and O–H groups in total. The van der Waals surface area contributed by atoms with Crippen molar-refractivity contribution in [3.8, 4) is 0 Å². The van der Waals surface area contributed by atoms with Gasteiger partial charge in [0.1, 0.15) is 0 Å². The van der Waals surface area contributed by atoms with Gasteiger partial charge in [0.05, 0.1) is 10.6 Å². The Bertz CT molecular complexity index is 582. The summed E-state index contributed by atoms with van der Waals surface area (Å²) >= 11 is 11.8. The first-order chi connectivity index (χ1) is 8.56. The lowest BCUT2D eigenvalue weighted by Crippen LogP contribution is -2.12. The van der Waals surface area contributed by atoms with Gasteiger partial charge in [0.2, 0.25) is 0 Å². The van der Waals surface area contributed by atoms with Crippen molar-refractivity contribution in [2.75, 3.05) is 5.32 Å². The molecule has 0 saturated heterocycles. The van der Waals surface area contributed by atoms with Gasteiger partial charge in [-0.2, -0.15) is 0 Å². The third-order valence-corrected chi connectivity index (χ3v) is 2.90. The minimum absolute atomic E-state index is 0.296. The Morgan fingerprint density at radius 3 is 2.50 bits per heavy atom. The van der Waals surface area contributed by atoms with Gasteiger partial charge in [0, 0.05) is 22.6 Å². The van der Waals surface area contributed by atoms with E-state index in [0.717, 1.165) is 5.69 Å². The minimum atomic E-state index is -0.296. The largest absolute Gasteiger partial charge is 0.322 e. The van der Waals surface area contributed by atoms with Crippen LogP contribution in [0.4, 0.5) is 5.69 Å². The van der Waals surface area contributed by atoms with Gasteiger partial charge in [0.25, 0.3) is 5.91 Å². The number of nitrogens with one attached hydrogen (secondary N) is 1. The second-order valence-corrected chi connectivity index (χ2v) is 4.61. The van der Waals surface area contributed by atoms with Gasteiger partial charge in [0.15, 0.2) is 0 Å². The summed E-state index contributed by atoms with van der Waals surface area (Å²) in [7, 11) is 0. The maximum Gasteiger partial charge on any atom is 0.258 e. The molecular weight excluding hydrogens is 271 g/mol. The fourth-order valence-corrected chi connectivity index (χ4v) is 1.84. The Labute approximate surface area is 115 Å². The topological polar surface area (TPSA) is 42.0 Å². The average molecular weight is 281 g/mol. The normalized spacial score (nSPS) is 10.2. The van der Waals surface area contributed by atoms with E-state index in [1.165, 1.54) is 6.20 Å². The number of pyridine rings is 1. The summed E-state index contributed by atoms with van der Waals surface area (Å²) in [6.45, 7) is 1.81. The number of hydrogen-bond acceptors (Lipinski definition) is 2. The van der Waals surface area contributed by atoms with Crippen LogP contribution in [0.3, 0.4) is 0 Å². The molecule has 0 spiro atoms. The van der Waals surface area contributed by atoms with Crippen molar-refractivity contribution in [3.05, 3.63) is 57.8 Å². The van der Waals surface area contributed by atoms with E-state index in [1.54, 1.807) is 30.3 Å². The van der Waals surface area contributed by atoms with Crippen LogP contribution in [-0.4, -0.2) is 10.9 Å². The summed E-state index contributed by atoms with van der Waals surface area (Å²) in [5.41, 5.74) is 1.77. The first-order valence-corrected chi connectivity index (χ1v) is 6.01.